The molecule has 3 heterocycles. The molecule has 8 heteroatoms. The summed E-state index contributed by atoms with van der Waals surface area (Å²) in [6, 6.07) is 17.2. The number of imidazole rings is 1. The molecule has 0 atom stereocenters. The van der Waals surface area contributed by atoms with Gasteiger partial charge in [-0.3, -0.25) is 14.2 Å². The Balaban J connectivity index is 1.42. The monoisotopic (exact) mass is 432 g/mol. The summed E-state index contributed by atoms with van der Waals surface area (Å²) in [5.74, 6) is 0.659. The third-order valence-corrected chi connectivity index (χ3v) is 7.11. The van der Waals surface area contributed by atoms with Crippen molar-refractivity contribution in [1.82, 2.24) is 19.3 Å². The summed E-state index contributed by atoms with van der Waals surface area (Å²) in [6.45, 7) is 0.478. The number of fused-ring (bicyclic) bond motifs is 1. The Kier molecular flexibility index (Phi) is 4.78. The highest BCUT2D eigenvalue weighted by Gasteiger charge is 2.25. The standard InChI is InChI=1S/C23H20N4O3S/c28-23(26-10-12-31(29,30)13-11-26)19-8-6-18(7-9-19)22-25-15-20-14-24-21(16-27(20)22)17-4-2-1-3-5-17/h1-9,14-16H,10-13H2. The Bertz CT molecular complexity index is 1350. The minimum absolute atomic E-state index is 0.0225. The maximum atomic E-state index is 12.7. The molecule has 0 radical (unpaired) electrons. The van der Waals surface area contributed by atoms with Crippen molar-refractivity contribution in [1.29, 1.82) is 0 Å². The summed E-state index contributed by atoms with van der Waals surface area (Å²) < 4.78 is 25.2. The van der Waals surface area contributed by atoms with E-state index in [0.29, 0.717) is 5.56 Å². The van der Waals surface area contributed by atoms with E-state index >= 15 is 0 Å². The SMILES string of the molecule is O=C(c1ccc(-c2ncc3cnc(-c4ccccc4)cn23)cc1)N1CCS(=O)(=O)CC1. The third kappa shape index (κ3) is 3.82. The van der Waals surface area contributed by atoms with Crippen molar-refractivity contribution in [2.24, 2.45) is 0 Å². The Morgan fingerprint density at radius 3 is 2.23 bits per heavy atom. The molecule has 0 N–H and O–H groups in total. The lowest BCUT2D eigenvalue weighted by Crippen LogP contribution is -2.43. The zero-order valence-corrected chi connectivity index (χ0v) is 17.5. The molecule has 5 rings (SSSR count). The molecule has 0 unspecified atom stereocenters. The molecule has 2 aromatic heterocycles. The molecule has 31 heavy (non-hydrogen) atoms. The highest BCUT2D eigenvalue weighted by molar-refractivity contribution is 7.91. The largest absolute Gasteiger partial charge is 0.337 e. The van der Waals surface area contributed by atoms with Crippen LogP contribution in [0.25, 0.3) is 28.2 Å². The molecule has 0 aliphatic carbocycles. The fraction of sp³-hybridized carbons (Fsp3) is 0.174. The average Bonchev–Trinajstić information content (AvgIpc) is 3.23. The average molecular weight is 433 g/mol. The molecule has 1 fully saturated rings. The molecule has 1 saturated heterocycles. The molecule has 0 bridgehead atoms. The van der Waals surface area contributed by atoms with E-state index in [4.69, 9.17) is 0 Å². The van der Waals surface area contributed by atoms with Crippen LogP contribution in [0.1, 0.15) is 10.4 Å². The van der Waals surface area contributed by atoms with Crippen LogP contribution in [0.3, 0.4) is 0 Å². The van der Waals surface area contributed by atoms with Crippen molar-refractivity contribution in [3.63, 3.8) is 0 Å². The van der Waals surface area contributed by atoms with Gasteiger partial charge in [-0.1, -0.05) is 42.5 Å². The summed E-state index contributed by atoms with van der Waals surface area (Å²) in [5, 5.41) is 0. The Morgan fingerprint density at radius 2 is 1.52 bits per heavy atom. The number of aromatic nitrogens is 3. The first-order valence-corrected chi connectivity index (χ1v) is 11.8. The number of benzene rings is 2. The summed E-state index contributed by atoms with van der Waals surface area (Å²) >= 11 is 0. The van der Waals surface area contributed by atoms with Gasteiger partial charge in [0.25, 0.3) is 5.91 Å². The minimum atomic E-state index is -3.02. The number of amides is 1. The van der Waals surface area contributed by atoms with Crippen LogP contribution in [0.4, 0.5) is 0 Å². The van der Waals surface area contributed by atoms with Crippen LogP contribution in [-0.2, 0) is 9.84 Å². The quantitative estimate of drug-likeness (QED) is 0.497. The second-order valence-corrected chi connectivity index (χ2v) is 9.84. The zero-order chi connectivity index (χ0) is 21.4. The van der Waals surface area contributed by atoms with Crippen molar-refractivity contribution in [3.8, 4) is 22.6 Å². The predicted molar refractivity (Wildman–Crippen MR) is 118 cm³/mol. The molecule has 156 valence electrons. The zero-order valence-electron chi connectivity index (χ0n) is 16.7. The first kappa shape index (κ1) is 19.4. The fourth-order valence-corrected chi connectivity index (χ4v) is 4.93. The molecule has 1 aliphatic rings. The van der Waals surface area contributed by atoms with Crippen molar-refractivity contribution in [2.45, 2.75) is 0 Å². The van der Waals surface area contributed by atoms with Crippen LogP contribution in [0.2, 0.25) is 0 Å². The Hall–Kier alpha value is -3.52. The number of nitrogens with zero attached hydrogens (tertiary/aromatic N) is 4. The van der Waals surface area contributed by atoms with Gasteiger partial charge >= 0.3 is 0 Å². The van der Waals surface area contributed by atoms with E-state index in [1.165, 1.54) is 0 Å². The number of hydrogen-bond donors (Lipinski definition) is 0. The van der Waals surface area contributed by atoms with Crippen molar-refractivity contribution in [2.75, 3.05) is 24.6 Å². The van der Waals surface area contributed by atoms with Gasteiger partial charge in [0.1, 0.15) is 5.82 Å². The first-order valence-electron chi connectivity index (χ1n) is 9.99. The summed E-state index contributed by atoms with van der Waals surface area (Å²) in [5.41, 5.74) is 4.16. The maximum Gasteiger partial charge on any atom is 0.253 e. The minimum Gasteiger partial charge on any atom is -0.337 e. The van der Waals surface area contributed by atoms with E-state index in [1.807, 2.05) is 53.1 Å². The van der Waals surface area contributed by atoms with Gasteiger partial charge in [-0.15, -0.1) is 0 Å². The number of carbonyl (C=O) groups excluding carboxylic acids is 1. The number of rotatable bonds is 3. The van der Waals surface area contributed by atoms with E-state index in [9.17, 15) is 13.2 Å². The topological polar surface area (TPSA) is 84.6 Å². The van der Waals surface area contributed by atoms with Gasteiger partial charge in [0.15, 0.2) is 9.84 Å². The molecule has 1 amide bonds. The summed E-state index contributed by atoms with van der Waals surface area (Å²) in [6.07, 6.45) is 5.52. The fourth-order valence-electron chi connectivity index (χ4n) is 3.73. The van der Waals surface area contributed by atoms with Crippen molar-refractivity contribution < 1.29 is 13.2 Å². The van der Waals surface area contributed by atoms with Gasteiger partial charge in [0, 0.05) is 36.0 Å². The van der Waals surface area contributed by atoms with E-state index in [2.05, 4.69) is 9.97 Å². The highest BCUT2D eigenvalue weighted by Crippen LogP contribution is 2.24. The smallest absolute Gasteiger partial charge is 0.253 e. The molecule has 7 nitrogen and oxygen atoms in total. The van der Waals surface area contributed by atoms with E-state index in [-0.39, 0.29) is 30.5 Å². The van der Waals surface area contributed by atoms with Crippen LogP contribution >= 0.6 is 0 Å². The second-order valence-electron chi connectivity index (χ2n) is 7.54. The van der Waals surface area contributed by atoms with Crippen molar-refractivity contribution >= 4 is 21.3 Å². The normalized spacial score (nSPS) is 15.8. The summed E-state index contributed by atoms with van der Waals surface area (Å²) in [7, 11) is -3.02. The molecule has 0 spiro atoms. The number of hydrogen-bond acceptors (Lipinski definition) is 5. The number of carbonyl (C=O) groups is 1. The van der Waals surface area contributed by atoms with Crippen LogP contribution in [0.5, 0.6) is 0 Å². The van der Waals surface area contributed by atoms with Crippen LogP contribution in [0.15, 0.2) is 73.2 Å². The maximum absolute atomic E-state index is 12.7. The molecular weight excluding hydrogens is 412 g/mol. The lowest BCUT2D eigenvalue weighted by atomic mass is 10.1. The summed E-state index contributed by atoms with van der Waals surface area (Å²) in [4.78, 5) is 23.4. The highest BCUT2D eigenvalue weighted by atomic mass is 32.2. The van der Waals surface area contributed by atoms with Crippen LogP contribution in [0, 0.1) is 0 Å². The van der Waals surface area contributed by atoms with E-state index in [1.54, 1.807) is 29.4 Å². The van der Waals surface area contributed by atoms with Gasteiger partial charge in [-0.2, -0.15) is 0 Å². The van der Waals surface area contributed by atoms with Crippen LogP contribution < -0.4 is 0 Å². The second kappa shape index (κ2) is 7.63. The molecule has 4 aromatic rings. The Labute approximate surface area is 179 Å². The van der Waals surface area contributed by atoms with Crippen molar-refractivity contribution in [3.05, 3.63) is 78.8 Å². The molecule has 2 aromatic carbocycles. The van der Waals surface area contributed by atoms with E-state index < -0.39 is 9.84 Å². The lowest BCUT2D eigenvalue weighted by molar-refractivity contribution is 0.0770. The molecule has 0 saturated carbocycles. The molecular formula is C23H20N4O3S. The van der Waals surface area contributed by atoms with Gasteiger partial charge < -0.3 is 4.90 Å². The molecule has 1 aliphatic heterocycles. The lowest BCUT2D eigenvalue weighted by Gasteiger charge is -2.26. The van der Waals surface area contributed by atoms with Gasteiger partial charge in [-0.05, 0) is 12.1 Å². The van der Waals surface area contributed by atoms with E-state index in [0.717, 1.165) is 28.2 Å². The number of sulfone groups is 1. The van der Waals surface area contributed by atoms with Crippen LogP contribution in [-0.4, -0.2) is 58.2 Å². The van der Waals surface area contributed by atoms with Gasteiger partial charge in [0.05, 0.1) is 35.1 Å². The third-order valence-electron chi connectivity index (χ3n) is 5.50. The predicted octanol–water partition coefficient (Wildman–Crippen LogP) is 2.93. The van der Waals surface area contributed by atoms with Gasteiger partial charge in [0.2, 0.25) is 0 Å². The van der Waals surface area contributed by atoms with Gasteiger partial charge in [-0.25, -0.2) is 13.4 Å². The first-order chi connectivity index (χ1) is 15.0. The Morgan fingerprint density at radius 1 is 0.839 bits per heavy atom.